The van der Waals surface area contributed by atoms with Crippen molar-refractivity contribution in [2.75, 3.05) is 0 Å². The van der Waals surface area contributed by atoms with Crippen molar-refractivity contribution >= 4 is 5.97 Å². The lowest BCUT2D eigenvalue weighted by molar-refractivity contribution is -0.149. The number of rotatable bonds is 5. The van der Waals surface area contributed by atoms with Crippen LogP contribution in [0.3, 0.4) is 0 Å². The van der Waals surface area contributed by atoms with E-state index in [-0.39, 0.29) is 5.41 Å². The molecular weight excluding hydrogens is 176 g/mol. The summed E-state index contributed by atoms with van der Waals surface area (Å²) in [5.74, 6) is -0.144. The summed E-state index contributed by atoms with van der Waals surface area (Å²) in [6.45, 7) is 12.3. The monoisotopic (exact) mass is 200 g/mol. The summed E-state index contributed by atoms with van der Waals surface area (Å²) in [4.78, 5) is 11.0. The molecule has 0 bridgehead atoms. The zero-order valence-corrected chi connectivity index (χ0v) is 10.3. The predicted octanol–water partition coefficient (Wildman–Crippen LogP) is 3.56. The summed E-state index contributed by atoms with van der Waals surface area (Å²) >= 11 is 0. The second-order valence-corrected chi connectivity index (χ2v) is 5.66. The molecule has 0 radical (unpaired) electrons. The van der Waals surface area contributed by atoms with Crippen molar-refractivity contribution < 1.29 is 9.90 Å². The third-order valence-electron chi connectivity index (χ3n) is 3.42. The molecule has 14 heavy (non-hydrogen) atoms. The number of hydrogen-bond donors (Lipinski definition) is 1. The number of aliphatic carboxylic acids is 1. The number of carboxylic acid groups (broad SMARTS) is 1. The minimum atomic E-state index is -0.700. The summed E-state index contributed by atoms with van der Waals surface area (Å²) in [6, 6.07) is 0. The van der Waals surface area contributed by atoms with Gasteiger partial charge in [0.2, 0.25) is 0 Å². The molecule has 84 valence electrons. The van der Waals surface area contributed by atoms with Gasteiger partial charge < -0.3 is 5.11 Å². The molecule has 0 amide bonds. The Balaban J connectivity index is 4.57. The molecule has 1 unspecified atom stereocenters. The molecule has 2 nitrogen and oxygen atoms in total. The van der Waals surface area contributed by atoms with Crippen LogP contribution >= 0.6 is 0 Å². The quantitative estimate of drug-likeness (QED) is 0.736. The summed E-state index contributed by atoms with van der Waals surface area (Å²) in [6.07, 6.45) is 1.83. The minimum absolute atomic E-state index is 0.0939. The van der Waals surface area contributed by atoms with Crippen molar-refractivity contribution in [3.05, 3.63) is 0 Å². The summed E-state index contributed by atoms with van der Waals surface area (Å²) in [7, 11) is 0. The Hall–Kier alpha value is -0.530. The van der Waals surface area contributed by atoms with E-state index in [9.17, 15) is 4.79 Å². The van der Waals surface area contributed by atoms with Gasteiger partial charge in [-0.3, -0.25) is 4.79 Å². The highest BCUT2D eigenvalue weighted by Crippen LogP contribution is 2.40. The molecular formula is C12H24O2. The maximum absolute atomic E-state index is 11.0. The number of carboxylic acids is 1. The van der Waals surface area contributed by atoms with E-state index in [0.29, 0.717) is 5.92 Å². The maximum atomic E-state index is 11.0. The molecule has 1 N–H and O–H groups in total. The van der Waals surface area contributed by atoms with Gasteiger partial charge in [0.15, 0.2) is 0 Å². The molecule has 0 fully saturated rings. The first-order chi connectivity index (χ1) is 6.13. The summed E-state index contributed by atoms with van der Waals surface area (Å²) in [5, 5.41) is 9.06. The molecule has 0 aromatic rings. The second kappa shape index (κ2) is 4.33. The van der Waals surface area contributed by atoms with Crippen LogP contribution in [0.1, 0.15) is 54.4 Å². The average Bonchev–Trinajstić information content (AvgIpc) is 2.00. The van der Waals surface area contributed by atoms with Gasteiger partial charge in [0.1, 0.15) is 0 Å². The van der Waals surface area contributed by atoms with Crippen molar-refractivity contribution in [3.63, 3.8) is 0 Å². The van der Waals surface area contributed by atoms with Crippen molar-refractivity contribution in [3.8, 4) is 0 Å². The van der Waals surface area contributed by atoms with Crippen LogP contribution in [-0.4, -0.2) is 11.1 Å². The molecule has 0 saturated heterocycles. The van der Waals surface area contributed by atoms with E-state index in [1.54, 1.807) is 13.8 Å². The fourth-order valence-electron chi connectivity index (χ4n) is 1.94. The van der Waals surface area contributed by atoms with E-state index < -0.39 is 11.4 Å². The highest BCUT2D eigenvalue weighted by molar-refractivity contribution is 5.73. The SMILES string of the molecule is CCC(C)C(C)(C)CC(C)(C)C(=O)O. The zero-order chi connectivity index (χ0) is 11.6. The molecule has 0 rings (SSSR count). The van der Waals surface area contributed by atoms with E-state index >= 15 is 0 Å². The molecule has 0 spiro atoms. The number of carbonyl (C=O) groups is 1. The van der Waals surface area contributed by atoms with E-state index in [1.165, 1.54) is 0 Å². The van der Waals surface area contributed by atoms with Gasteiger partial charge in [0, 0.05) is 0 Å². The molecule has 0 heterocycles. The van der Waals surface area contributed by atoms with E-state index in [1.807, 2.05) is 0 Å². The first-order valence-corrected chi connectivity index (χ1v) is 5.37. The molecule has 0 aliphatic heterocycles. The fraction of sp³-hybridized carbons (Fsp3) is 0.917. The van der Waals surface area contributed by atoms with E-state index in [4.69, 9.17) is 5.11 Å². The van der Waals surface area contributed by atoms with Crippen LogP contribution in [0.2, 0.25) is 0 Å². The predicted molar refractivity (Wildman–Crippen MR) is 59.3 cm³/mol. The highest BCUT2D eigenvalue weighted by atomic mass is 16.4. The van der Waals surface area contributed by atoms with Gasteiger partial charge in [-0.05, 0) is 31.6 Å². The second-order valence-electron chi connectivity index (χ2n) is 5.66. The topological polar surface area (TPSA) is 37.3 Å². The Morgan fingerprint density at radius 1 is 1.29 bits per heavy atom. The van der Waals surface area contributed by atoms with Crippen molar-refractivity contribution in [2.45, 2.75) is 54.4 Å². The lowest BCUT2D eigenvalue weighted by Crippen LogP contribution is -2.33. The summed E-state index contributed by atoms with van der Waals surface area (Å²) < 4.78 is 0. The maximum Gasteiger partial charge on any atom is 0.309 e. The van der Waals surface area contributed by atoms with Crippen molar-refractivity contribution in [1.82, 2.24) is 0 Å². The number of hydrogen-bond acceptors (Lipinski definition) is 1. The van der Waals surface area contributed by atoms with E-state index in [2.05, 4.69) is 27.7 Å². The van der Waals surface area contributed by atoms with Gasteiger partial charge in [0.05, 0.1) is 5.41 Å². The van der Waals surface area contributed by atoms with Crippen molar-refractivity contribution in [2.24, 2.45) is 16.7 Å². The lowest BCUT2D eigenvalue weighted by atomic mass is 9.68. The third kappa shape index (κ3) is 3.32. The van der Waals surface area contributed by atoms with Gasteiger partial charge in [-0.1, -0.05) is 34.1 Å². The molecule has 0 saturated carbocycles. The third-order valence-corrected chi connectivity index (χ3v) is 3.42. The lowest BCUT2D eigenvalue weighted by Gasteiger charge is -2.36. The van der Waals surface area contributed by atoms with Crippen LogP contribution in [0.5, 0.6) is 0 Å². The molecule has 2 heteroatoms. The largest absolute Gasteiger partial charge is 0.481 e. The standard InChI is InChI=1S/C12H24O2/c1-7-9(2)11(3,4)8-12(5,6)10(13)14/h9H,7-8H2,1-6H3,(H,13,14). The smallest absolute Gasteiger partial charge is 0.309 e. The first kappa shape index (κ1) is 13.5. The minimum Gasteiger partial charge on any atom is -0.481 e. The van der Waals surface area contributed by atoms with Crippen LogP contribution in [0.4, 0.5) is 0 Å². The van der Waals surface area contributed by atoms with Crippen LogP contribution in [0.15, 0.2) is 0 Å². The van der Waals surface area contributed by atoms with Gasteiger partial charge >= 0.3 is 5.97 Å². The average molecular weight is 200 g/mol. The molecule has 1 atom stereocenters. The zero-order valence-electron chi connectivity index (χ0n) is 10.3. The Bertz CT molecular complexity index is 204. The van der Waals surface area contributed by atoms with Gasteiger partial charge in [-0.2, -0.15) is 0 Å². The van der Waals surface area contributed by atoms with Crippen LogP contribution in [-0.2, 0) is 4.79 Å². The first-order valence-electron chi connectivity index (χ1n) is 5.37. The van der Waals surface area contributed by atoms with E-state index in [0.717, 1.165) is 12.8 Å². The van der Waals surface area contributed by atoms with Gasteiger partial charge in [0.25, 0.3) is 0 Å². The summed E-state index contributed by atoms with van der Waals surface area (Å²) in [5.41, 5.74) is -0.524. The Morgan fingerprint density at radius 2 is 1.71 bits per heavy atom. The fourth-order valence-corrected chi connectivity index (χ4v) is 1.94. The van der Waals surface area contributed by atoms with Gasteiger partial charge in [-0.15, -0.1) is 0 Å². The normalized spacial score (nSPS) is 15.3. The Kier molecular flexibility index (Phi) is 4.16. The molecule has 0 aromatic heterocycles. The van der Waals surface area contributed by atoms with Crippen LogP contribution < -0.4 is 0 Å². The molecule has 0 aliphatic rings. The molecule has 0 aliphatic carbocycles. The van der Waals surface area contributed by atoms with Gasteiger partial charge in [-0.25, -0.2) is 0 Å². The van der Waals surface area contributed by atoms with Crippen LogP contribution in [0, 0.1) is 16.7 Å². The van der Waals surface area contributed by atoms with Crippen molar-refractivity contribution in [1.29, 1.82) is 0 Å². The highest BCUT2D eigenvalue weighted by Gasteiger charge is 2.36. The van der Waals surface area contributed by atoms with Crippen LogP contribution in [0.25, 0.3) is 0 Å². The Labute approximate surface area is 87.7 Å². The Morgan fingerprint density at radius 3 is 2.00 bits per heavy atom. The molecule has 0 aromatic carbocycles.